The molecule has 0 fully saturated rings. The minimum atomic E-state index is -3.62. The summed E-state index contributed by atoms with van der Waals surface area (Å²) in [4.78, 5) is 8.28. The first kappa shape index (κ1) is 16.2. The van der Waals surface area contributed by atoms with Crippen LogP contribution in [0.5, 0.6) is 0 Å². The van der Waals surface area contributed by atoms with Gasteiger partial charge in [0.05, 0.1) is 15.7 Å². The summed E-state index contributed by atoms with van der Waals surface area (Å²) in [5.41, 5.74) is 0.877. The molecule has 2 N–H and O–H groups in total. The Morgan fingerprint density at radius 1 is 1.43 bits per heavy atom. The topological polar surface area (TPSA) is 84.0 Å². The van der Waals surface area contributed by atoms with Gasteiger partial charge < -0.3 is 5.32 Å². The lowest BCUT2D eigenvalue weighted by molar-refractivity contribution is 0.581. The van der Waals surface area contributed by atoms with Crippen molar-refractivity contribution in [3.05, 3.63) is 33.4 Å². The van der Waals surface area contributed by atoms with Crippen LogP contribution < -0.4 is 10.0 Å². The number of nitrogens with zero attached hydrogens (tertiary/aromatic N) is 2. The molecule has 0 radical (unpaired) electrons. The molecule has 21 heavy (non-hydrogen) atoms. The third-order valence-electron chi connectivity index (χ3n) is 2.70. The molecule has 0 aliphatic heterocycles. The third kappa shape index (κ3) is 4.13. The van der Waals surface area contributed by atoms with Gasteiger partial charge in [-0.05, 0) is 13.0 Å². The Morgan fingerprint density at radius 2 is 2.19 bits per heavy atom. The molecule has 0 aliphatic carbocycles. The highest BCUT2D eigenvalue weighted by Crippen LogP contribution is 2.21. The molecule has 2 rings (SSSR count). The molecular weight excluding hydrogens is 332 g/mol. The van der Waals surface area contributed by atoms with Gasteiger partial charge in [0.25, 0.3) is 0 Å². The summed E-state index contributed by atoms with van der Waals surface area (Å²) in [5.74, 6) is 0.438. The first-order valence-corrected chi connectivity index (χ1v) is 8.90. The summed E-state index contributed by atoms with van der Waals surface area (Å²) in [7, 11) is -1.96. The molecule has 2 aromatic rings. The Balaban J connectivity index is 2.02. The zero-order chi connectivity index (χ0) is 15.5. The summed E-state index contributed by atoms with van der Waals surface area (Å²) in [5, 5.41) is 5.92. The minimum Gasteiger partial charge on any atom is -0.372 e. The van der Waals surface area contributed by atoms with E-state index in [0.717, 1.165) is 10.7 Å². The number of aromatic nitrogens is 2. The van der Waals surface area contributed by atoms with E-state index in [1.807, 2.05) is 12.3 Å². The number of hydrogen-bond donors (Lipinski definition) is 2. The Hall–Kier alpha value is -1.22. The summed E-state index contributed by atoms with van der Waals surface area (Å²) >= 11 is 7.48. The van der Waals surface area contributed by atoms with Gasteiger partial charge in [0.1, 0.15) is 10.7 Å². The molecule has 2 heterocycles. The van der Waals surface area contributed by atoms with E-state index in [0.29, 0.717) is 12.2 Å². The van der Waals surface area contributed by atoms with E-state index >= 15 is 0 Å². The van der Waals surface area contributed by atoms with Crippen LogP contribution in [0.4, 0.5) is 5.82 Å². The van der Waals surface area contributed by atoms with Crippen LogP contribution in [0.3, 0.4) is 0 Å². The molecule has 2 aromatic heterocycles. The first-order valence-electron chi connectivity index (χ1n) is 6.16. The quantitative estimate of drug-likeness (QED) is 0.836. The third-order valence-corrected chi connectivity index (χ3v) is 5.24. The molecule has 0 aliphatic rings. The zero-order valence-electron chi connectivity index (χ0n) is 11.6. The van der Waals surface area contributed by atoms with E-state index in [2.05, 4.69) is 20.0 Å². The second-order valence-electron chi connectivity index (χ2n) is 4.26. The van der Waals surface area contributed by atoms with E-state index in [1.54, 1.807) is 18.4 Å². The van der Waals surface area contributed by atoms with Crippen LogP contribution >= 0.6 is 22.9 Å². The van der Waals surface area contributed by atoms with Gasteiger partial charge in [-0.2, -0.15) is 0 Å². The summed E-state index contributed by atoms with van der Waals surface area (Å²) in [6, 6.07) is 1.37. The number of halogens is 1. The maximum absolute atomic E-state index is 12.1. The van der Waals surface area contributed by atoms with Gasteiger partial charge in [-0.15, -0.1) is 11.3 Å². The van der Waals surface area contributed by atoms with E-state index in [-0.39, 0.29) is 16.5 Å². The highest BCUT2D eigenvalue weighted by atomic mass is 35.5. The summed E-state index contributed by atoms with van der Waals surface area (Å²) in [6.07, 6.45) is 1.81. The summed E-state index contributed by atoms with van der Waals surface area (Å²) in [6.45, 7) is 2.19. The van der Waals surface area contributed by atoms with Gasteiger partial charge in [0.2, 0.25) is 10.0 Å². The van der Waals surface area contributed by atoms with Crippen LogP contribution in [0.15, 0.2) is 22.5 Å². The smallest absolute Gasteiger partial charge is 0.242 e. The number of aryl methyl sites for hydroxylation is 1. The lowest BCUT2D eigenvalue weighted by atomic mass is 10.3. The maximum Gasteiger partial charge on any atom is 0.242 e. The second kappa shape index (κ2) is 6.69. The van der Waals surface area contributed by atoms with Crippen LogP contribution in [0.2, 0.25) is 5.02 Å². The Morgan fingerprint density at radius 3 is 2.76 bits per heavy atom. The molecular formula is C12H15ClN4O2S2. The molecule has 0 saturated heterocycles. The van der Waals surface area contributed by atoms with Gasteiger partial charge in [0.15, 0.2) is 0 Å². The molecule has 0 bridgehead atoms. The summed E-state index contributed by atoms with van der Waals surface area (Å²) < 4.78 is 26.8. The normalized spacial score (nSPS) is 11.6. The maximum atomic E-state index is 12.1. The predicted octanol–water partition coefficient (Wildman–Crippen LogP) is 2.06. The van der Waals surface area contributed by atoms with Crippen LogP contribution in [0.1, 0.15) is 10.7 Å². The standard InChI is InChI=1S/C12H15ClN4O2S2/c1-8-17-9(7-20-8)3-4-16-21(18,19)10-5-11(13)12(14-2)15-6-10/h5-7,16H,3-4H2,1-2H3,(H,14,15). The fourth-order valence-electron chi connectivity index (χ4n) is 1.67. The van der Waals surface area contributed by atoms with Crippen molar-refractivity contribution in [3.63, 3.8) is 0 Å². The van der Waals surface area contributed by atoms with Crippen LogP contribution in [0.25, 0.3) is 0 Å². The van der Waals surface area contributed by atoms with Gasteiger partial charge in [-0.3, -0.25) is 0 Å². The molecule has 9 heteroatoms. The van der Waals surface area contributed by atoms with Gasteiger partial charge in [0, 0.05) is 31.6 Å². The van der Waals surface area contributed by atoms with Crippen LogP contribution in [0, 0.1) is 6.92 Å². The van der Waals surface area contributed by atoms with Crippen molar-refractivity contribution in [1.29, 1.82) is 0 Å². The monoisotopic (exact) mass is 346 g/mol. The minimum absolute atomic E-state index is 0.0426. The predicted molar refractivity (Wildman–Crippen MR) is 84.5 cm³/mol. The molecule has 0 aromatic carbocycles. The van der Waals surface area contributed by atoms with Gasteiger partial charge in [-0.25, -0.2) is 23.1 Å². The number of rotatable bonds is 6. The average Bonchev–Trinajstić information content (AvgIpc) is 2.84. The number of anilines is 1. The van der Waals surface area contributed by atoms with E-state index in [1.165, 1.54) is 12.3 Å². The molecule has 0 saturated carbocycles. The molecule has 114 valence electrons. The number of pyridine rings is 1. The number of hydrogen-bond acceptors (Lipinski definition) is 6. The molecule has 0 spiro atoms. The second-order valence-corrected chi connectivity index (χ2v) is 7.49. The highest BCUT2D eigenvalue weighted by Gasteiger charge is 2.16. The highest BCUT2D eigenvalue weighted by molar-refractivity contribution is 7.89. The molecule has 0 unspecified atom stereocenters. The van der Waals surface area contributed by atoms with E-state index in [9.17, 15) is 8.42 Å². The van der Waals surface area contributed by atoms with Crippen LogP contribution in [-0.4, -0.2) is 32.0 Å². The number of nitrogens with one attached hydrogen (secondary N) is 2. The Kier molecular flexibility index (Phi) is 5.15. The van der Waals surface area contributed by atoms with Crippen molar-refractivity contribution in [2.45, 2.75) is 18.2 Å². The van der Waals surface area contributed by atoms with Crippen molar-refractivity contribution >= 4 is 38.8 Å². The zero-order valence-corrected chi connectivity index (χ0v) is 13.9. The van der Waals surface area contributed by atoms with Crippen molar-refractivity contribution in [1.82, 2.24) is 14.7 Å². The Labute approximate surface area is 132 Å². The van der Waals surface area contributed by atoms with Gasteiger partial charge in [-0.1, -0.05) is 11.6 Å². The van der Waals surface area contributed by atoms with Crippen molar-refractivity contribution in [2.24, 2.45) is 0 Å². The fraction of sp³-hybridized carbons (Fsp3) is 0.333. The molecule has 0 atom stereocenters. The Bertz CT molecular complexity index is 731. The van der Waals surface area contributed by atoms with Crippen molar-refractivity contribution in [3.8, 4) is 0 Å². The van der Waals surface area contributed by atoms with E-state index in [4.69, 9.17) is 11.6 Å². The lowest BCUT2D eigenvalue weighted by Crippen LogP contribution is -2.26. The van der Waals surface area contributed by atoms with Crippen molar-refractivity contribution in [2.75, 3.05) is 18.9 Å². The SMILES string of the molecule is CNc1ncc(S(=O)(=O)NCCc2csc(C)n2)cc1Cl. The number of thiazole rings is 1. The number of sulfonamides is 1. The molecule has 6 nitrogen and oxygen atoms in total. The molecule has 0 amide bonds. The first-order chi connectivity index (χ1) is 9.92. The van der Waals surface area contributed by atoms with Crippen molar-refractivity contribution < 1.29 is 8.42 Å². The average molecular weight is 347 g/mol. The largest absolute Gasteiger partial charge is 0.372 e. The lowest BCUT2D eigenvalue weighted by Gasteiger charge is -2.08. The van der Waals surface area contributed by atoms with Crippen LogP contribution in [-0.2, 0) is 16.4 Å². The fourth-order valence-corrected chi connectivity index (χ4v) is 3.65. The van der Waals surface area contributed by atoms with Gasteiger partial charge >= 0.3 is 0 Å². The van der Waals surface area contributed by atoms with E-state index < -0.39 is 10.0 Å².